The second-order valence-electron chi connectivity index (χ2n) is 3.61. The summed E-state index contributed by atoms with van der Waals surface area (Å²) in [6.45, 7) is 1.95. The van der Waals surface area contributed by atoms with Crippen LogP contribution in [-0.2, 0) is 0 Å². The number of hydrogen-bond acceptors (Lipinski definition) is 4. The minimum Gasteiger partial charge on any atom is -0.436 e. The minimum absolute atomic E-state index is 0.269. The molecule has 0 atom stereocenters. The van der Waals surface area contributed by atoms with Gasteiger partial charge in [0.05, 0.1) is 5.69 Å². The number of aromatic nitrogens is 1. The van der Waals surface area contributed by atoms with Crippen LogP contribution in [0.3, 0.4) is 0 Å². The van der Waals surface area contributed by atoms with Gasteiger partial charge in [-0.1, -0.05) is 6.07 Å². The number of nitrogens with zero attached hydrogens (tertiary/aromatic N) is 2. The fraction of sp³-hybridized carbons (Fsp3) is 0.0769. The number of aryl methyl sites for hydroxylation is 1. The fourth-order valence-electron chi connectivity index (χ4n) is 1.42. The van der Waals surface area contributed by atoms with Crippen molar-refractivity contribution >= 4 is 5.69 Å². The van der Waals surface area contributed by atoms with Gasteiger partial charge in [-0.3, -0.25) is 0 Å². The zero-order valence-corrected chi connectivity index (χ0v) is 9.34. The van der Waals surface area contributed by atoms with Gasteiger partial charge in [-0.05, 0) is 36.8 Å². The second kappa shape index (κ2) is 4.54. The van der Waals surface area contributed by atoms with Gasteiger partial charge in [0.2, 0.25) is 5.88 Å². The number of nitrogen functional groups attached to an aromatic ring is 1. The minimum atomic E-state index is 0.269. The van der Waals surface area contributed by atoms with E-state index in [1.54, 1.807) is 24.4 Å². The number of pyridine rings is 1. The molecule has 0 aliphatic heterocycles. The lowest BCUT2D eigenvalue weighted by Crippen LogP contribution is -1.95. The highest BCUT2D eigenvalue weighted by Crippen LogP contribution is 2.28. The predicted molar refractivity (Wildman–Crippen MR) is 64.6 cm³/mol. The van der Waals surface area contributed by atoms with Gasteiger partial charge in [-0.2, -0.15) is 5.26 Å². The monoisotopic (exact) mass is 225 g/mol. The number of benzene rings is 1. The molecule has 0 bridgehead atoms. The van der Waals surface area contributed by atoms with Gasteiger partial charge in [0.25, 0.3) is 0 Å². The van der Waals surface area contributed by atoms with Crippen LogP contribution in [0, 0.1) is 18.3 Å². The maximum atomic E-state index is 8.91. The highest BCUT2D eigenvalue weighted by Gasteiger charge is 2.07. The third kappa shape index (κ3) is 2.34. The lowest BCUT2D eigenvalue weighted by atomic mass is 10.2. The van der Waals surface area contributed by atoms with Gasteiger partial charge in [-0.25, -0.2) is 4.98 Å². The average Bonchev–Trinajstić information content (AvgIpc) is 2.33. The van der Waals surface area contributed by atoms with Crippen LogP contribution in [0.4, 0.5) is 5.69 Å². The first kappa shape index (κ1) is 11.0. The van der Waals surface area contributed by atoms with Crippen LogP contribution in [0.25, 0.3) is 0 Å². The molecule has 1 aromatic heterocycles. The summed E-state index contributed by atoms with van der Waals surface area (Å²) < 4.78 is 5.53. The van der Waals surface area contributed by atoms with Gasteiger partial charge in [0.1, 0.15) is 11.6 Å². The van der Waals surface area contributed by atoms with Crippen LogP contribution in [-0.4, -0.2) is 4.98 Å². The predicted octanol–water partition coefficient (Wildman–Crippen LogP) is 2.64. The molecule has 0 spiro atoms. The summed E-state index contributed by atoms with van der Waals surface area (Å²) in [7, 11) is 0. The van der Waals surface area contributed by atoms with E-state index in [0.717, 1.165) is 5.56 Å². The van der Waals surface area contributed by atoms with Crippen molar-refractivity contribution in [3.63, 3.8) is 0 Å². The van der Waals surface area contributed by atoms with Crippen LogP contribution in [0.2, 0.25) is 0 Å². The van der Waals surface area contributed by atoms with Crippen molar-refractivity contribution in [2.24, 2.45) is 0 Å². The van der Waals surface area contributed by atoms with Gasteiger partial charge >= 0.3 is 0 Å². The summed E-state index contributed by atoms with van der Waals surface area (Å²) in [4.78, 5) is 4.01. The number of ether oxygens (including phenoxy) is 1. The fourth-order valence-corrected chi connectivity index (χ4v) is 1.42. The zero-order chi connectivity index (χ0) is 12.3. The van der Waals surface area contributed by atoms with Crippen molar-refractivity contribution in [2.45, 2.75) is 6.92 Å². The van der Waals surface area contributed by atoms with E-state index in [1.807, 2.05) is 25.1 Å². The lowest BCUT2D eigenvalue weighted by molar-refractivity contribution is 0.463. The van der Waals surface area contributed by atoms with E-state index >= 15 is 0 Å². The SMILES string of the molecule is Cc1ccc(Oc2ncccc2C#N)c(N)c1. The van der Waals surface area contributed by atoms with Crippen LogP contribution in [0.15, 0.2) is 36.5 Å². The quantitative estimate of drug-likeness (QED) is 0.797. The number of nitriles is 1. The summed E-state index contributed by atoms with van der Waals surface area (Å²) >= 11 is 0. The molecule has 2 aromatic rings. The molecule has 0 unspecified atom stereocenters. The molecule has 0 aliphatic carbocycles. The number of anilines is 1. The Morgan fingerprint density at radius 1 is 1.35 bits per heavy atom. The Hall–Kier alpha value is -2.54. The molecule has 4 heteroatoms. The van der Waals surface area contributed by atoms with Crippen molar-refractivity contribution in [1.29, 1.82) is 5.26 Å². The molecule has 84 valence electrons. The van der Waals surface area contributed by atoms with Gasteiger partial charge < -0.3 is 10.5 Å². The van der Waals surface area contributed by atoms with Crippen molar-refractivity contribution < 1.29 is 4.74 Å². The average molecular weight is 225 g/mol. The second-order valence-corrected chi connectivity index (χ2v) is 3.61. The lowest BCUT2D eigenvalue weighted by Gasteiger charge is -2.08. The summed E-state index contributed by atoms with van der Waals surface area (Å²) in [6.07, 6.45) is 1.57. The number of rotatable bonds is 2. The van der Waals surface area contributed by atoms with Gasteiger partial charge in [0.15, 0.2) is 5.75 Å². The van der Waals surface area contributed by atoms with E-state index < -0.39 is 0 Å². The first-order chi connectivity index (χ1) is 8.20. The molecule has 0 saturated heterocycles. The molecule has 17 heavy (non-hydrogen) atoms. The van der Waals surface area contributed by atoms with E-state index in [-0.39, 0.29) is 5.88 Å². The van der Waals surface area contributed by atoms with Crippen molar-refractivity contribution in [3.05, 3.63) is 47.7 Å². The van der Waals surface area contributed by atoms with Crippen LogP contribution in [0.5, 0.6) is 11.6 Å². The summed E-state index contributed by atoms with van der Waals surface area (Å²) in [5.74, 6) is 0.774. The Kier molecular flexibility index (Phi) is 2.93. The number of hydrogen-bond donors (Lipinski definition) is 1. The highest BCUT2D eigenvalue weighted by molar-refractivity contribution is 5.56. The van der Waals surface area contributed by atoms with E-state index in [1.165, 1.54) is 0 Å². The molecule has 2 rings (SSSR count). The van der Waals surface area contributed by atoms with Crippen LogP contribution < -0.4 is 10.5 Å². The molecule has 1 aromatic carbocycles. The van der Waals surface area contributed by atoms with Crippen LogP contribution in [0.1, 0.15) is 11.1 Å². The molecule has 1 heterocycles. The van der Waals surface area contributed by atoms with E-state index in [4.69, 9.17) is 15.7 Å². The van der Waals surface area contributed by atoms with Crippen molar-refractivity contribution in [1.82, 2.24) is 4.98 Å². The first-order valence-corrected chi connectivity index (χ1v) is 5.10. The van der Waals surface area contributed by atoms with E-state index in [2.05, 4.69) is 4.98 Å². The molecule has 2 N–H and O–H groups in total. The number of nitrogens with two attached hydrogens (primary N) is 1. The van der Waals surface area contributed by atoms with Gasteiger partial charge in [0, 0.05) is 6.20 Å². The Bertz CT molecular complexity index is 587. The van der Waals surface area contributed by atoms with E-state index in [0.29, 0.717) is 17.0 Å². The topological polar surface area (TPSA) is 71.9 Å². The highest BCUT2D eigenvalue weighted by atomic mass is 16.5. The Morgan fingerprint density at radius 2 is 2.18 bits per heavy atom. The maximum Gasteiger partial charge on any atom is 0.237 e. The molecular weight excluding hydrogens is 214 g/mol. The Morgan fingerprint density at radius 3 is 2.88 bits per heavy atom. The summed E-state index contributed by atoms with van der Waals surface area (Å²) in [6, 6.07) is 10.8. The normalized spacial score (nSPS) is 9.65. The molecule has 0 radical (unpaired) electrons. The Balaban J connectivity index is 2.35. The molecule has 0 amide bonds. The van der Waals surface area contributed by atoms with Gasteiger partial charge in [-0.15, -0.1) is 0 Å². The first-order valence-electron chi connectivity index (χ1n) is 5.10. The third-order valence-corrected chi connectivity index (χ3v) is 2.26. The van der Waals surface area contributed by atoms with Crippen molar-refractivity contribution in [3.8, 4) is 17.7 Å². The molecule has 0 saturated carbocycles. The summed E-state index contributed by atoms with van der Waals surface area (Å²) in [5, 5.41) is 8.91. The standard InChI is InChI=1S/C13H11N3O/c1-9-4-5-12(11(15)7-9)17-13-10(8-14)3-2-6-16-13/h2-7H,15H2,1H3. The molecule has 0 fully saturated rings. The largest absolute Gasteiger partial charge is 0.436 e. The molecule has 4 nitrogen and oxygen atoms in total. The maximum absolute atomic E-state index is 8.91. The Labute approximate surface area is 99.3 Å². The smallest absolute Gasteiger partial charge is 0.237 e. The summed E-state index contributed by atoms with van der Waals surface area (Å²) in [5.41, 5.74) is 7.79. The molecule has 0 aliphatic rings. The van der Waals surface area contributed by atoms with E-state index in [9.17, 15) is 0 Å². The van der Waals surface area contributed by atoms with Crippen molar-refractivity contribution in [2.75, 3.05) is 5.73 Å². The molecular formula is C13H11N3O. The van der Waals surface area contributed by atoms with Crippen LogP contribution >= 0.6 is 0 Å². The zero-order valence-electron chi connectivity index (χ0n) is 9.34. The third-order valence-electron chi connectivity index (χ3n) is 2.26.